The topological polar surface area (TPSA) is 78.6 Å². The summed E-state index contributed by atoms with van der Waals surface area (Å²) in [6.45, 7) is 3.30. The molecule has 2 aliphatic rings. The fourth-order valence-corrected chi connectivity index (χ4v) is 3.14. The molecule has 4 N–H and O–H groups in total. The Hall–Kier alpha value is -1.59. The van der Waals surface area contributed by atoms with Crippen LogP contribution in [0.4, 0.5) is 4.79 Å². The monoisotopic (exact) mass is 275 g/mol. The predicted octanol–water partition coefficient (Wildman–Crippen LogP) is 0.635. The van der Waals surface area contributed by atoms with Crippen LogP contribution in [-0.2, 0) is 6.42 Å². The minimum absolute atomic E-state index is 0.0408. The van der Waals surface area contributed by atoms with Gasteiger partial charge in [0.1, 0.15) is 0 Å². The summed E-state index contributed by atoms with van der Waals surface area (Å²) >= 11 is 0. The highest BCUT2D eigenvalue weighted by atomic mass is 16.3. The van der Waals surface area contributed by atoms with E-state index in [9.17, 15) is 9.90 Å². The van der Waals surface area contributed by atoms with Gasteiger partial charge >= 0.3 is 6.03 Å². The number of fused-ring (bicyclic) bond motifs is 1. The number of benzene rings is 1. The third-order valence-electron chi connectivity index (χ3n) is 4.41. The van der Waals surface area contributed by atoms with Crippen LogP contribution in [0.25, 0.3) is 0 Å². The maximum atomic E-state index is 12.2. The first kappa shape index (κ1) is 13.4. The Bertz CT molecular complexity index is 526. The molecule has 5 nitrogen and oxygen atoms in total. The van der Waals surface area contributed by atoms with Crippen LogP contribution in [0.1, 0.15) is 24.1 Å². The van der Waals surface area contributed by atoms with Crippen LogP contribution in [0.3, 0.4) is 0 Å². The molecule has 1 aromatic carbocycles. The van der Waals surface area contributed by atoms with E-state index in [0.717, 1.165) is 12.0 Å². The highest BCUT2D eigenvalue weighted by Gasteiger charge is 2.42. The maximum Gasteiger partial charge on any atom is 0.317 e. The SMILES string of the molecule is CC1(CO)CN(C(=O)N[C@@H]2Cc3ccccc3[C@H]2N)C1. The van der Waals surface area contributed by atoms with Crippen LogP contribution in [0, 0.1) is 5.41 Å². The highest BCUT2D eigenvalue weighted by Crippen LogP contribution is 2.31. The summed E-state index contributed by atoms with van der Waals surface area (Å²) in [5.41, 5.74) is 8.41. The van der Waals surface area contributed by atoms with E-state index in [2.05, 4.69) is 11.4 Å². The van der Waals surface area contributed by atoms with E-state index >= 15 is 0 Å². The number of aliphatic hydroxyl groups excluding tert-OH is 1. The van der Waals surface area contributed by atoms with Gasteiger partial charge in [0.15, 0.2) is 0 Å². The van der Waals surface area contributed by atoms with Crippen molar-refractivity contribution in [1.82, 2.24) is 10.2 Å². The molecule has 3 rings (SSSR count). The molecule has 108 valence electrons. The molecule has 0 aromatic heterocycles. The van der Waals surface area contributed by atoms with Gasteiger partial charge < -0.3 is 21.1 Å². The van der Waals surface area contributed by atoms with Crippen molar-refractivity contribution in [1.29, 1.82) is 0 Å². The zero-order valence-corrected chi connectivity index (χ0v) is 11.7. The van der Waals surface area contributed by atoms with Crippen molar-refractivity contribution >= 4 is 6.03 Å². The van der Waals surface area contributed by atoms with Crippen molar-refractivity contribution in [3.8, 4) is 0 Å². The Balaban J connectivity index is 1.59. The van der Waals surface area contributed by atoms with Crippen molar-refractivity contribution < 1.29 is 9.90 Å². The van der Waals surface area contributed by atoms with Gasteiger partial charge in [-0.3, -0.25) is 0 Å². The second-order valence-electron chi connectivity index (χ2n) is 6.31. The van der Waals surface area contributed by atoms with Gasteiger partial charge in [0.05, 0.1) is 18.7 Å². The lowest BCUT2D eigenvalue weighted by Crippen LogP contribution is -2.62. The number of rotatable bonds is 2. The summed E-state index contributed by atoms with van der Waals surface area (Å²) in [5.74, 6) is 0. The van der Waals surface area contributed by atoms with Gasteiger partial charge in [0, 0.05) is 18.5 Å². The first-order valence-corrected chi connectivity index (χ1v) is 7.02. The van der Waals surface area contributed by atoms with E-state index < -0.39 is 0 Å². The Morgan fingerprint density at radius 2 is 2.20 bits per heavy atom. The zero-order chi connectivity index (χ0) is 14.3. The molecule has 1 aliphatic carbocycles. The number of carbonyl (C=O) groups is 1. The zero-order valence-electron chi connectivity index (χ0n) is 11.7. The molecule has 20 heavy (non-hydrogen) atoms. The lowest BCUT2D eigenvalue weighted by atomic mass is 9.83. The van der Waals surface area contributed by atoms with E-state index in [1.54, 1.807) is 4.90 Å². The quantitative estimate of drug-likeness (QED) is 0.741. The number of urea groups is 1. The number of aliphatic hydroxyl groups is 1. The average Bonchev–Trinajstić information content (AvgIpc) is 2.72. The lowest BCUT2D eigenvalue weighted by Gasteiger charge is -2.47. The third kappa shape index (κ3) is 2.17. The van der Waals surface area contributed by atoms with Crippen LogP contribution >= 0.6 is 0 Å². The maximum absolute atomic E-state index is 12.2. The lowest BCUT2D eigenvalue weighted by molar-refractivity contribution is -0.00125. The van der Waals surface area contributed by atoms with Crippen LogP contribution in [0.15, 0.2) is 24.3 Å². The molecule has 5 heteroatoms. The highest BCUT2D eigenvalue weighted by molar-refractivity contribution is 5.76. The molecule has 0 bridgehead atoms. The third-order valence-corrected chi connectivity index (χ3v) is 4.41. The number of likely N-dealkylation sites (tertiary alicyclic amines) is 1. The number of hydrogen-bond donors (Lipinski definition) is 3. The Morgan fingerprint density at radius 3 is 2.85 bits per heavy atom. The van der Waals surface area contributed by atoms with Crippen molar-refractivity contribution in [2.75, 3.05) is 19.7 Å². The van der Waals surface area contributed by atoms with Crippen LogP contribution in [0.2, 0.25) is 0 Å². The molecule has 1 fully saturated rings. The van der Waals surface area contributed by atoms with E-state index in [1.807, 2.05) is 25.1 Å². The molecule has 0 radical (unpaired) electrons. The van der Waals surface area contributed by atoms with Crippen molar-refractivity contribution in [2.24, 2.45) is 11.1 Å². The molecule has 0 spiro atoms. The molecule has 0 saturated carbocycles. The Labute approximate surface area is 118 Å². The van der Waals surface area contributed by atoms with E-state index in [1.165, 1.54) is 5.56 Å². The molecule has 1 saturated heterocycles. The van der Waals surface area contributed by atoms with Crippen LogP contribution in [-0.4, -0.2) is 41.8 Å². The fourth-order valence-electron chi connectivity index (χ4n) is 3.14. The van der Waals surface area contributed by atoms with Crippen LogP contribution in [0.5, 0.6) is 0 Å². The fraction of sp³-hybridized carbons (Fsp3) is 0.533. The molecule has 1 heterocycles. The molecule has 2 amide bonds. The summed E-state index contributed by atoms with van der Waals surface area (Å²) in [6.07, 6.45) is 0.786. The molecular formula is C15H21N3O2. The van der Waals surface area contributed by atoms with E-state index in [0.29, 0.717) is 13.1 Å². The minimum Gasteiger partial charge on any atom is -0.396 e. The second-order valence-corrected chi connectivity index (χ2v) is 6.31. The van der Waals surface area contributed by atoms with E-state index in [4.69, 9.17) is 5.73 Å². The van der Waals surface area contributed by atoms with Gasteiger partial charge in [0.2, 0.25) is 0 Å². The second kappa shape index (κ2) is 4.75. The number of carbonyl (C=O) groups excluding carboxylic acids is 1. The summed E-state index contributed by atoms with van der Waals surface area (Å²) in [7, 11) is 0. The smallest absolute Gasteiger partial charge is 0.317 e. The number of nitrogens with two attached hydrogens (primary N) is 1. The van der Waals surface area contributed by atoms with Crippen molar-refractivity contribution in [3.63, 3.8) is 0 Å². The van der Waals surface area contributed by atoms with Gasteiger partial charge in [-0.1, -0.05) is 31.2 Å². The predicted molar refractivity (Wildman–Crippen MR) is 76.2 cm³/mol. The summed E-state index contributed by atoms with van der Waals surface area (Å²) < 4.78 is 0. The molecular weight excluding hydrogens is 254 g/mol. The average molecular weight is 275 g/mol. The number of amides is 2. The van der Waals surface area contributed by atoms with Crippen LogP contribution < -0.4 is 11.1 Å². The standard InChI is InChI=1S/C15H21N3O2/c1-15(9-19)7-18(8-15)14(20)17-12-6-10-4-2-3-5-11(10)13(12)16/h2-5,12-13,19H,6-9,16H2,1H3,(H,17,20)/t12-,13-/m1/s1. The Morgan fingerprint density at radius 1 is 1.50 bits per heavy atom. The molecule has 0 unspecified atom stereocenters. The number of hydrogen-bond acceptors (Lipinski definition) is 3. The largest absolute Gasteiger partial charge is 0.396 e. The van der Waals surface area contributed by atoms with Crippen molar-refractivity contribution in [2.45, 2.75) is 25.4 Å². The normalized spacial score (nSPS) is 26.9. The number of nitrogens with one attached hydrogen (secondary N) is 1. The summed E-state index contributed by atoms with van der Waals surface area (Å²) in [5, 5.41) is 12.2. The summed E-state index contributed by atoms with van der Waals surface area (Å²) in [6, 6.07) is 7.81. The van der Waals surface area contributed by atoms with Crippen molar-refractivity contribution in [3.05, 3.63) is 35.4 Å². The van der Waals surface area contributed by atoms with Gasteiger partial charge in [0.25, 0.3) is 0 Å². The summed E-state index contributed by atoms with van der Waals surface area (Å²) in [4.78, 5) is 13.9. The Kier molecular flexibility index (Phi) is 3.18. The first-order chi connectivity index (χ1) is 9.52. The minimum atomic E-state index is -0.141. The van der Waals surface area contributed by atoms with Gasteiger partial charge in [-0.05, 0) is 17.5 Å². The van der Waals surface area contributed by atoms with Gasteiger partial charge in [-0.2, -0.15) is 0 Å². The van der Waals surface area contributed by atoms with E-state index in [-0.39, 0.29) is 30.1 Å². The number of nitrogens with zero attached hydrogens (tertiary/aromatic N) is 1. The van der Waals surface area contributed by atoms with Gasteiger partial charge in [-0.25, -0.2) is 4.79 Å². The van der Waals surface area contributed by atoms with Gasteiger partial charge in [-0.15, -0.1) is 0 Å². The molecule has 1 aliphatic heterocycles. The molecule has 2 atom stereocenters. The first-order valence-electron chi connectivity index (χ1n) is 7.02. The molecule has 1 aromatic rings.